The first-order valence-electron chi connectivity index (χ1n) is 10.6. The smallest absolute Gasteiger partial charge is 0.253 e. The van der Waals surface area contributed by atoms with E-state index in [2.05, 4.69) is 10.0 Å². The lowest BCUT2D eigenvalue weighted by atomic mass is 9.95. The van der Waals surface area contributed by atoms with Crippen molar-refractivity contribution in [1.82, 2.24) is 14.9 Å². The number of sulfonamides is 1. The molecule has 0 saturated carbocycles. The van der Waals surface area contributed by atoms with Crippen LogP contribution in [0.2, 0.25) is 0 Å². The van der Waals surface area contributed by atoms with Gasteiger partial charge in [0.2, 0.25) is 15.9 Å². The van der Waals surface area contributed by atoms with E-state index in [0.29, 0.717) is 38.0 Å². The third-order valence-electron chi connectivity index (χ3n) is 5.47. The van der Waals surface area contributed by atoms with Gasteiger partial charge in [-0.05, 0) is 42.7 Å². The lowest BCUT2D eigenvalue weighted by Gasteiger charge is -2.31. The van der Waals surface area contributed by atoms with Crippen molar-refractivity contribution in [2.45, 2.75) is 24.3 Å². The van der Waals surface area contributed by atoms with Gasteiger partial charge in [-0.1, -0.05) is 30.3 Å². The van der Waals surface area contributed by atoms with Crippen LogP contribution in [0.3, 0.4) is 0 Å². The summed E-state index contributed by atoms with van der Waals surface area (Å²) in [5, 5.41) is 2.97. The first kappa shape index (κ1) is 23.9. The largest absolute Gasteiger partial charge is 0.383 e. The topological polar surface area (TPSA) is 105 Å². The first-order valence-corrected chi connectivity index (χ1v) is 12.1. The van der Waals surface area contributed by atoms with E-state index in [0.717, 1.165) is 5.56 Å². The molecule has 2 amide bonds. The number of likely N-dealkylation sites (tertiary alicyclic amines) is 1. The van der Waals surface area contributed by atoms with Crippen LogP contribution in [0.15, 0.2) is 59.5 Å². The first-order chi connectivity index (χ1) is 15.4. The molecule has 0 radical (unpaired) electrons. The summed E-state index contributed by atoms with van der Waals surface area (Å²) in [6, 6.07) is 15.6. The van der Waals surface area contributed by atoms with Crippen LogP contribution in [0.25, 0.3) is 0 Å². The Morgan fingerprint density at radius 1 is 1.03 bits per heavy atom. The molecule has 32 heavy (non-hydrogen) atoms. The Bertz CT molecular complexity index is 1000. The quantitative estimate of drug-likeness (QED) is 0.556. The maximum Gasteiger partial charge on any atom is 0.253 e. The van der Waals surface area contributed by atoms with Gasteiger partial charge < -0.3 is 15.0 Å². The Morgan fingerprint density at radius 2 is 1.69 bits per heavy atom. The SMILES string of the molecule is COCCNS(=O)(=O)c1ccc(C(=O)N2CCC(C(=O)NCc3ccccc3)CC2)cc1. The minimum Gasteiger partial charge on any atom is -0.383 e. The number of piperidine rings is 1. The molecule has 2 aromatic rings. The van der Waals surface area contributed by atoms with E-state index >= 15 is 0 Å². The second kappa shape index (κ2) is 11.2. The fraction of sp³-hybridized carbons (Fsp3) is 0.391. The number of methoxy groups -OCH3 is 1. The van der Waals surface area contributed by atoms with Crippen molar-refractivity contribution in [3.05, 3.63) is 65.7 Å². The average molecular weight is 460 g/mol. The number of hydrogen-bond donors (Lipinski definition) is 2. The third kappa shape index (κ3) is 6.38. The molecule has 1 fully saturated rings. The highest BCUT2D eigenvalue weighted by Gasteiger charge is 2.28. The predicted molar refractivity (Wildman–Crippen MR) is 120 cm³/mol. The zero-order chi connectivity index (χ0) is 23.0. The lowest BCUT2D eigenvalue weighted by molar-refractivity contribution is -0.126. The van der Waals surface area contributed by atoms with Crippen molar-refractivity contribution in [3.8, 4) is 0 Å². The van der Waals surface area contributed by atoms with E-state index < -0.39 is 10.0 Å². The number of nitrogens with zero attached hydrogens (tertiary/aromatic N) is 1. The number of nitrogens with one attached hydrogen (secondary N) is 2. The number of carbonyl (C=O) groups is 2. The highest BCUT2D eigenvalue weighted by atomic mass is 32.2. The van der Waals surface area contributed by atoms with Crippen LogP contribution in [0.1, 0.15) is 28.8 Å². The molecule has 1 heterocycles. The number of rotatable bonds is 9. The molecule has 0 aliphatic carbocycles. The average Bonchev–Trinajstić information content (AvgIpc) is 2.83. The molecule has 9 heteroatoms. The Kier molecular flexibility index (Phi) is 8.38. The van der Waals surface area contributed by atoms with Gasteiger partial charge in [0, 0.05) is 44.8 Å². The van der Waals surface area contributed by atoms with E-state index in [9.17, 15) is 18.0 Å². The maximum atomic E-state index is 12.8. The number of ether oxygens (including phenoxy) is 1. The summed E-state index contributed by atoms with van der Waals surface area (Å²) in [7, 11) is -2.15. The van der Waals surface area contributed by atoms with E-state index in [1.807, 2.05) is 30.3 Å². The molecular formula is C23H29N3O5S. The molecule has 0 aromatic heterocycles. The highest BCUT2D eigenvalue weighted by Crippen LogP contribution is 2.20. The lowest BCUT2D eigenvalue weighted by Crippen LogP contribution is -2.42. The molecule has 3 rings (SSSR count). The summed E-state index contributed by atoms with van der Waals surface area (Å²) >= 11 is 0. The number of carbonyl (C=O) groups excluding carboxylic acids is 2. The van der Waals surface area contributed by atoms with Crippen LogP contribution in [0.4, 0.5) is 0 Å². The van der Waals surface area contributed by atoms with Crippen molar-refractivity contribution in [2.24, 2.45) is 5.92 Å². The summed E-state index contributed by atoms with van der Waals surface area (Å²) in [5.41, 5.74) is 1.47. The van der Waals surface area contributed by atoms with E-state index in [4.69, 9.17) is 4.74 Å². The van der Waals surface area contributed by atoms with Gasteiger partial charge in [0.15, 0.2) is 0 Å². The van der Waals surface area contributed by atoms with E-state index in [1.54, 1.807) is 4.90 Å². The predicted octanol–water partition coefficient (Wildman–Crippen LogP) is 1.78. The van der Waals surface area contributed by atoms with Crippen LogP contribution < -0.4 is 10.0 Å². The van der Waals surface area contributed by atoms with Gasteiger partial charge in [-0.25, -0.2) is 13.1 Å². The molecule has 0 bridgehead atoms. The van der Waals surface area contributed by atoms with Gasteiger partial charge in [-0.2, -0.15) is 0 Å². The molecule has 1 aliphatic heterocycles. The van der Waals surface area contributed by atoms with Crippen LogP contribution in [-0.4, -0.2) is 58.5 Å². The monoisotopic (exact) mass is 459 g/mol. The molecule has 1 saturated heterocycles. The highest BCUT2D eigenvalue weighted by molar-refractivity contribution is 7.89. The van der Waals surface area contributed by atoms with Crippen molar-refractivity contribution < 1.29 is 22.7 Å². The van der Waals surface area contributed by atoms with Crippen molar-refractivity contribution in [2.75, 3.05) is 33.4 Å². The van der Waals surface area contributed by atoms with Gasteiger partial charge >= 0.3 is 0 Å². The fourth-order valence-corrected chi connectivity index (χ4v) is 4.61. The summed E-state index contributed by atoms with van der Waals surface area (Å²) in [6.45, 7) is 1.92. The maximum absolute atomic E-state index is 12.8. The summed E-state index contributed by atoms with van der Waals surface area (Å²) in [5.74, 6) is -0.269. The Morgan fingerprint density at radius 3 is 2.31 bits per heavy atom. The van der Waals surface area contributed by atoms with Crippen LogP contribution in [0, 0.1) is 5.92 Å². The number of hydrogen-bond acceptors (Lipinski definition) is 5. The summed E-state index contributed by atoms with van der Waals surface area (Å²) < 4.78 is 31.8. The minimum absolute atomic E-state index is 0.0106. The standard InChI is InChI=1S/C23H29N3O5S/c1-31-16-13-25-32(29,30)21-9-7-20(8-10-21)23(28)26-14-11-19(12-15-26)22(27)24-17-18-5-3-2-4-6-18/h2-10,19,25H,11-17H2,1H3,(H,24,27). The minimum atomic E-state index is -3.64. The van der Waals surface area contributed by atoms with Gasteiger partial charge in [0.25, 0.3) is 5.91 Å². The summed E-state index contributed by atoms with van der Waals surface area (Å²) in [6.07, 6.45) is 1.20. The van der Waals surface area contributed by atoms with Crippen molar-refractivity contribution in [1.29, 1.82) is 0 Å². The van der Waals surface area contributed by atoms with Gasteiger partial charge in [-0.15, -0.1) is 0 Å². The zero-order valence-corrected chi connectivity index (χ0v) is 18.9. The molecular weight excluding hydrogens is 430 g/mol. The Balaban J connectivity index is 1.50. The van der Waals surface area contributed by atoms with Gasteiger partial charge in [-0.3, -0.25) is 9.59 Å². The molecule has 0 unspecified atom stereocenters. The fourth-order valence-electron chi connectivity index (χ4n) is 3.59. The van der Waals surface area contributed by atoms with E-state index in [1.165, 1.54) is 31.4 Å². The van der Waals surface area contributed by atoms with Crippen molar-refractivity contribution >= 4 is 21.8 Å². The van der Waals surface area contributed by atoms with Gasteiger partial charge in [0.1, 0.15) is 0 Å². The van der Waals surface area contributed by atoms with Crippen molar-refractivity contribution in [3.63, 3.8) is 0 Å². The second-order valence-electron chi connectivity index (χ2n) is 7.68. The molecule has 0 atom stereocenters. The second-order valence-corrected chi connectivity index (χ2v) is 9.45. The molecule has 0 spiro atoms. The number of benzene rings is 2. The van der Waals surface area contributed by atoms with Crippen LogP contribution in [0.5, 0.6) is 0 Å². The molecule has 2 aromatic carbocycles. The zero-order valence-electron chi connectivity index (χ0n) is 18.1. The Labute approximate surface area is 189 Å². The molecule has 2 N–H and O–H groups in total. The van der Waals surface area contributed by atoms with Crippen LogP contribution in [-0.2, 0) is 26.1 Å². The Hall–Kier alpha value is -2.75. The van der Waals surface area contributed by atoms with Crippen LogP contribution >= 0.6 is 0 Å². The molecule has 172 valence electrons. The third-order valence-corrected chi connectivity index (χ3v) is 6.95. The molecule has 8 nitrogen and oxygen atoms in total. The van der Waals surface area contributed by atoms with Gasteiger partial charge in [0.05, 0.1) is 11.5 Å². The number of amides is 2. The summed E-state index contributed by atoms with van der Waals surface area (Å²) in [4.78, 5) is 27.1. The normalized spacial score (nSPS) is 14.8. The van der Waals surface area contributed by atoms with E-state index in [-0.39, 0.29) is 35.8 Å². The molecule has 1 aliphatic rings.